The summed E-state index contributed by atoms with van der Waals surface area (Å²) in [5, 5.41) is 8.60. The summed E-state index contributed by atoms with van der Waals surface area (Å²) in [6, 6.07) is 3.40. The molecule has 22 heavy (non-hydrogen) atoms. The predicted octanol–water partition coefficient (Wildman–Crippen LogP) is 2.22. The quantitative estimate of drug-likeness (QED) is 0.849. The van der Waals surface area contributed by atoms with E-state index < -0.39 is 17.3 Å². The highest BCUT2D eigenvalue weighted by molar-refractivity contribution is 8.00. The van der Waals surface area contributed by atoms with Gasteiger partial charge in [0.25, 0.3) is 0 Å². The van der Waals surface area contributed by atoms with Crippen LogP contribution in [0.2, 0.25) is 0 Å². The van der Waals surface area contributed by atoms with Crippen LogP contribution in [0, 0.1) is 0 Å². The van der Waals surface area contributed by atoms with Crippen LogP contribution in [-0.4, -0.2) is 25.9 Å². The lowest BCUT2D eigenvalue weighted by Gasteiger charge is -2.11. The Kier molecular flexibility index (Phi) is 4.79. The molecule has 0 spiro atoms. The Labute approximate surface area is 128 Å². The maximum atomic E-state index is 12.6. The first kappa shape index (κ1) is 16.4. The molecule has 2 aromatic heterocycles. The third-order valence-electron chi connectivity index (χ3n) is 2.76. The molecule has 2 aromatic rings. The van der Waals surface area contributed by atoms with Gasteiger partial charge in [0.15, 0.2) is 5.16 Å². The standard InChI is InChI=1S/C12H13F3N4O2S/c1-7(9(20)16-6-8-4-3-5-21-8)22-11-18-17-10(19(11)2)12(13,14)15/h3-5,7H,6H2,1-2H3,(H,16,20)/t7-/m0/s1. The molecular weight excluding hydrogens is 321 g/mol. The molecule has 0 unspecified atom stereocenters. The second kappa shape index (κ2) is 6.42. The Balaban J connectivity index is 1.95. The Morgan fingerprint density at radius 2 is 2.23 bits per heavy atom. The number of hydrogen-bond acceptors (Lipinski definition) is 5. The van der Waals surface area contributed by atoms with Crippen molar-refractivity contribution in [1.82, 2.24) is 20.1 Å². The SMILES string of the molecule is C[C@H](Sc1nnc(C(F)(F)F)n1C)C(=O)NCc1ccco1. The minimum absolute atomic E-state index is 0.0213. The molecule has 1 atom stereocenters. The second-order valence-corrected chi connectivity index (χ2v) is 5.73. The summed E-state index contributed by atoms with van der Waals surface area (Å²) in [4.78, 5) is 11.9. The van der Waals surface area contributed by atoms with Crippen molar-refractivity contribution in [1.29, 1.82) is 0 Å². The monoisotopic (exact) mass is 334 g/mol. The van der Waals surface area contributed by atoms with Gasteiger partial charge in [0.1, 0.15) is 5.76 Å². The van der Waals surface area contributed by atoms with Gasteiger partial charge < -0.3 is 14.3 Å². The van der Waals surface area contributed by atoms with Crippen LogP contribution in [0.1, 0.15) is 18.5 Å². The van der Waals surface area contributed by atoms with E-state index in [0.29, 0.717) is 5.76 Å². The fourth-order valence-electron chi connectivity index (χ4n) is 1.61. The molecule has 1 N–H and O–H groups in total. The number of nitrogens with zero attached hydrogens (tertiary/aromatic N) is 3. The first-order chi connectivity index (χ1) is 10.3. The lowest BCUT2D eigenvalue weighted by molar-refractivity contribution is -0.147. The van der Waals surface area contributed by atoms with E-state index in [0.717, 1.165) is 16.3 Å². The summed E-state index contributed by atoms with van der Waals surface area (Å²) < 4.78 is 43.7. The molecular formula is C12H13F3N4O2S. The van der Waals surface area contributed by atoms with Gasteiger partial charge in [0.2, 0.25) is 11.7 Å². The molecule has 0 radical (unpaired) electrons. The molecule has 0 aliphatic rings. The first-order valence-corrected chi connectivity index (χ1v) is 7.10. The van der Waals surface area contributed by atoms with Crippen LogP contribution in [0.3, 0.4) is 0 Å². The van der Waals surface area contributed by atoms with Gasteiger partial charge in [-0.2, -0.15) is 13.2 Å². The molecule has 0 fully saturated rings. The number of aromatic nitrogens is 3. The van der Waals surface area contributed by atoms with Crippen LogP contribution in [-0.2, 0) is 24.6 Å². The zero-order chi connectivity index (χ0) is 16.3. The average molecular weight is 334 g/mol. The molecule has 10 heteroatoms. The van der Waals surface area contributed by atoms with Gasteiger partial charge in [-0.15, -0.1) is 10.2 Å². The van der Waals surface area contributed by atoms with Gasteiger partial charge >= 0.3 is 6.18 Å². The number of furan rings is 1. The molecule has 6 nitrogen and oxygen atoms in total. The molecule has 2 heterocycles. The van der Waals surface area contributed by atoms with E-state index in [2.05, 4.69) is 15.5 Å². The van der Waals surface area contributed by atoms with Crippen molar-refractivity contribution in [3.8, 4) is 0 Å². The molecule has 2 rings (SSSR count). The number of hydrogen-bond donors (Lipinski definition) is 1. The maximum Gasteiger partial charge on any atom is 0.451 e. The highest BCUT2D eigenvalue weighted by atomic mass is 32.2. The molecule has 0 saturated carbocycles. The van der Waals surface area contributed by atoms with Crippen LogP contribution >= 0.6 is 11.8 Å². The maximum absolute atomic E-state index is 12.6. The molecule has 0 bridgehead atoms. The highest BCUT2D eigenvalue weighted by Gasteiger charge is 2.37. The third-order valence-corrected chi connectivity index (χ3v) is 3.89. The van der Waals surface area contributed by atoms with Gasteiger partial charge in [-0.1, -0.05) is 11.8 Å². The number of alkyl halides is 3. The Morgan fingerprint density at radius 1 is 1.50 bits per heavy atom. The third kappa shape index (κ3) is 3.81. The van der Waals surface area contributed by atoms with Crippen molar-refractivity contribution in [2.75, 3.05) is 0 Å². The fraction of sp³-hybridized carbons (Fsp3) is 0.417. The van der Waals surface area contributed by atoms with E-state index in [1.807, 2.05) is 0 Å². The van der Waals surface area contributed by atoms with Gasteiger partial charge in [0.05, 0.1) is 18.1 Å². The summed E-state index contributed by atoms with van der Waals surface area (Å²) in [5.74, 6) is -0.847. The number of carbonyl (C=O) groups is 1. The van der Waals surface area contributed by atoms with Gasteiger partial charge in [-0.3, -0.25) is 4.79 Å². The Hall–Kier alpha value is -1.97. The van der Waals surface area contributed by atoms with Crippen LogP contribution in [0.5, 0.6) is 0 Å². The summed E-state index contributed by atoms with van der Waals surface area (Å²) >= 11 is 0.899. The summed E-state index contributed by atoms with van der Waals surface area (Å²) in [7, 11) is 1.21. The summed E-state index contributed by atoms with van der Waals surface area (Å²) in [6.07, 6.45) is -3.09. The molecule has 1 amide bonds. The van der Waals surface area contributed by atoms with Gasteiger partial charge in [-0.05, 0) is 19.1 Å². The minimum Gasteiger partial charge on any atom is -0.467 e. The van der Waals surface area contributed by atoms with Gasteiger partial charge in [-0.25, -0.2) is 0 Å². The molecule has 0 aromatic carbocycles. The van der Waals surface area contributed by atoms with E-state index in [-0.39, 0.29) is 17.6 Å². The smallest absolute Gasteiger partial charge is 0.451 e. The highest BCUT2D eigenvalue weighted by Crippen LogP contribution is 2.30. The largest absolute Gasteiger partial charge is 0.467 e. The van der Waals surface area contributed by atoms with E-state index >= 15 is 0 Å². The van der Waals surface area contributed by atoms with E-state index in [9.17, 15) is 18.0 Å². The van der Waals surface area contributed by atoms with E-state index in [1.165, 1.54) is 13.3 Å². The fourth-order valence-corrected chi connectivity index (χ4v) is 2.45. The normalized spacial score (nSPS) is 13.1. The van der Waals surface area contributed by atoms with Crippen molar-refractivity contribution in [2.24, 2.45) is 7.05 Å². The number of amides is 1. The number of thioether (sulfide) groups is 1. The lowest BCUT2D eigenvalue weighted by atomic mass is 10.4. The van der Waals surface area contributed by atoms with Crippen molar-refractivity contribution in [2.45, 2.75) is 30.1 Å². The number of rotatable bonds is 5. The van der Waals surface area contributed by atoms with Crippen LogP contribution in [0.4, 0.5) is 13.2 Å². The second-order valence-electron chi connectivity index (χ2n) is 4.42. The van der Waals surface area contributed by atoms with Crippen molar-refractivity contribution in [3.05, 3.63) is 30.0 Å². The summed E-state index contributed by atoms with van der Waals surface area (Å²) in [6.45, 7) is 1.79. The van der Waals surface area contributed by atoms with Gasteiger partial charge in [0, 0.05) is 7.05 Å². The number of nitrogens with one attached hydrogen (secondary N) is 1. The lowest BCUT2D eigenvalue weighted by Crippen LogP contribution is -2.30. The molecule has 0 aliphatic carbocycles. The molecule has 0 aliphatic heterocycles. The van der Waals surface area contributed by atoms with Crippen molar-refractivity contribution < 1.29 is 22.4 Å². The van der Waals surface area contributed by atoms with E-state index in [4.69, 9.17) is 4.42 Å². The molecule has 0 saturated heterocycles. The predicted molar refractivity (Wildman–Crippen MR) is 71.9 cm³/mol. The van der Waals surface area contributed by atoms with Crippen molar-refractivity contribution in [3.63, 3.8) is 0 Å². The Morgan fingerprint density at radius 3 is 2.77 bits per heavy atom. The number of carbonyl (C=O) groups excluding carboxylic acids is 1. The summed E-state index contributed by atoms with van der Waals surface area (Å²) in [5.41, 5.74) is 0. The van der Waals surface area contributed by atoms with Crippen LogP contribution in [0.15, 0.2) is 28.0 Å². The van der Waals surface area contributed by atoms with E-state index in [1.54, 1.807) is 19.1 Å². The zero-order valence-electron chi connectivity index (χ0n) is 11.7. The first-order valence-electron chi connectivity index (χ1n) is 6.22. The zero-order valence-corrected chi connectivity index (χ0v) is 12.5. The van der Waals surface area contributed by atoms with Crippen molar-refractivity contribution >= 4 is 17.7 Å². The van der Waals surface area contributed by atoms with Crippen LogP contribution < -0.4 is 5.32 Å². The minimum atomic E-state index is -4.58. The van der Waals surface area contributed by atoms with Crippen LogP contribution in [0.25, 0.3) is 0 Å². The Bertz CT molecular complexity index is 639. The molecule has 120 valence electrons. The number of halogens is 3. The topological polar surface area (TPSA) is 73.0 Å². The average Bonchev–Trinajstić information content (AvgIpc) is 3.06.